The van der Waals surface area contributed by atoms with Crippen molar-refractivity contribution in [2.45, 2.75) is 45.1 Å². The Morgan fingerprint density at radius 2 is 2.06 bits per heavy atom. The molecule has 18 heavy (non-hydrogen) atoms. The molecule has 104 valence electrons. The molecule has 0 spiro atoms. The molecule has 0 aromatic rings. The third-order valence-electron chi connectivity index (χ3n) is 3.91. The summed E-state index contributed by atoms with van der Waals surface area (Å²) in [5.41, 5.74) is -0.820. The number of likely N-dealkylation sites (N-methyl/N-ethyl adjacent to an activating group) is 1. The van der Waals surface area contributed by atoms with Gasteiger partial charge in [-0.1, -0.05) is 13.3 Å². The highest BCUT2D eigenvalue weighted by atomic mass is 16.4. The van der Waals surface area contributed by atoms with Crippen LogP contribution in [0.15, 0.2) is 0 Å². The van der Waals surface area contributed by atoms with Crippen molar-refractivity contribution < 1.29 is 14.7 Å². The number of carbonyl (C=O) groups is 2. The van der Waals surface area contributed by atoms with Gasteiger partial charge in [0.05, 0.1) is 6.54 Å². The summed E-state index contributed by atoms with van der Waals surface area (Å²) in [6.45, 7) is 5.48. The van der Waals surface area contributed by atoms with E-state index >= 15 is 0 Å². The molecule has 1 unspecified atom stereocenters. The van der Waals surface area contributed by atoms with Crippen molar-refractivity contribution in [2.24, 2.45) is 0 Å². The molecule has 0 radical (unpaired) electrons. The Hall–Kier alpha value is -1.10. The van der Waals surface area contributed by atoms with Crippen molar-refractivity contribution in [3.63, 3.8) is 0 Å². The van der Waals surface area contributed by atoms with Gasteiger partial charge in [0.15, 0.2) is 0 Å². The van der Waals surface area contributed by atoms with Crippen LogP contribution >= 0.6 is 0 Å². The maximum Gasteiger partial charge on any atom is 0.324 e. The molecule has 1 aliphatic rings. The second kappa shape index (κ2) is 6.18. The van der Waals surface area contributed by atoms with Crippen LogP contribution in [0.1, 0.15) is 39.5 Å². The Bertz CT molecular complexity index is 319. The first-order chi connectivity index (χ1) is 8.47. The van der Waals surface area contributed by atoms with E-state index in [0.29, 0.717) is 25.9 Å². The number of aliphatic carboxylic acids is 1. The third-order valence-corrected chi connectivity index (χ3v) is 3.91. The highest BCUT2D eigenvalue weighted by Gasteiger charge is 2.47. The second-order valence-electron chi connectivity index (χ2n) is 5.02. The summed E-state index contributed by atoms with van der Waals surface area (Å²) < 4.78 is 0. The fraction of sp³-hybridized carbons (Fsp3) is 0.846. The number of carboxylic acids is 1. The molecule has 1 atom stereocenters. The maximum atomic E-state index is 11.9. The molecular weight excluding hydrogens is 232 g/mol. The summed E-state index contributed by atoms with van der Waals surface area (Å²) in [6, 6.07) is 0. The van der Waals surface area contributed by atoms with E-state index in [4.69, 9.17) is 0 Å². The Morgan fingerprint density at radius 1 is 1.39 bits per heavy atom. The van der Waals surface area contributed by atoms with Crippen LogP contribution in [0.25, 0.3) is 0 Å². The number of carbonyl (C=O) groups excluding carboxylic acids is 1. The molecule has 0 saturated carbocycles. The summed E-state index contributed by atoms with van der Waals surface area (Å²) in [6.07, 6.45) is 2.95. The van der Waals surface area contributed by atoms with Crippen molar-refractivity contribution in [1.82, 2.24) is 9.80 Å². The molecule has 1 fully saturated rings. The van der Waals surface area contributed by atoms with Gasteiger partial charge >= 0.3 is 5.97 Å². The zero-order chi connectivity index (χ0) is 13.8. The number of nitrogens with zero attached hydrogens (tertiary/aromatic N) is 2. The summed E-state index contributed by atoms with van der Waals surface area (Å²) >= 11 is 0. The van der Waals surface area contributed by atoms with E-state index in [0.717, 1.165) is 12.8 Å². The highest BCUT2D eigenvalue weighted by molar-refractivity contribution is 5.82. The lowest BCUT2D eigenvalue weighted by atomic mass is 9.90. The van der Waals surface area contributed by atoms with Gasteiger partial charge in [-0.2, -0.15) is 0 Å². The van der Waals surface area contributed by atoms with Gasteiger partial charge in [0.25, 0.3) is 0 Å². The van der Waals surface area contributed by atoms with E-state index in [1.807, 2.05) is 18.7 Å². The van der Waals surface area contributed by atoms with Gasteiger partial charge in [-0.3, -0.25) is 14.5 Å². The smallest absolute Gasteiger partial charge is 0.324 e. The van der Waals surface area contributed by atoms with E-state index in [-0.39, 0.29) is 12.5 Å². The molecule has 1 heterocycles. The average molecular weight is 256 g/mol. The van der Waals surface area contributed by atoms with Crippen LogP contribution in [0.4, 0.5) is 0 Å². The van der Waals surface area contributed by atoms with Crippen LogP contribution in [0.5, 0.6) is 0 Å². The van der Waals surface area contributed by atoms with Crippen LogP contribution in [0, 0.1) is 0 Å². The molecule has 1 saturated heterocycles. The van der Waals surface area contributed by atoms with Crippen molar-refractivity contribution in [3.05, 3.63) is 0 Å². The largest absolute Gasteiger partial charge is 0.480 e. The second-order valence-corrected chi connectivity index (χ2v) is 5.02. The van der Waals surface area contributed by atoms with Crippen LogP contribution in [0.3, 0.4) is 0 Å². The normalized spacial score (nSPS) is 24.2. The summed E-state index contributed by atoms with van der Waals surface area (Å²) in [5.74, 6) is -0.782. The lowest BCUT2D eigenvalue weighted by molar-refractivity contribution is -0.151. The van der Waals surface area contributed by atoms with Crippen molar-refractivity contribution in [2.75, 3.05) is 26.7 Å². The van der Waals surface area contributed by atoms with E-state index in [2.05, 4.69) is 0 Å². The highest BCUT2D eigenvalue weighted by Crippen LogP contribution is 2.33. The Morgan fingerprint density at radius 3 is 2.56 bits per heavy atom. The number of carboxylic acid groups (broad SMARTS) is 1. The maximum absolute atomic E-state index is 11.9. The molecule has 0 bridgehead atoms. The molecule has 1 rings (SSSR count). The SMILES string of the molecule is CCCC1(C(=O)O)CCCN1CC(=O)N(C)CC. The summed E-state index contributed by atoms with van der Waals surface area (Å²) in [5, 5.41) is 9.51. The Labute approximate surface area is 109 Å². The topological polar surface area (TPSA) is 60.9 Å². The first-order valence-corrected chi connectivity index (χ1v) is 6.70. The molecule has 1 amide bonds. The van der Waals surface area contributed by atoms with Crippen LogP contribution in [-0.2, 0) is 9.59 Å². The minimum Gasteiger partial charge on any atom is -0.480 e. The Kier molecular flexibility index (Phi) is 5.14. The van der Waals surface area contributed by atoms with Gasteiger partial charge in [-0.15, -0.1) is 0 Å². The van der Waals surface area contributed by atoms with Gasteiger partial charge in [-0.05, 0) is 32.7 Å². The minimum absolute atomic E-state index is 0.00104. The number of likely N-dealkylation sites (tertiary alicyclic amines) is 1. The van der Waals surface area contributed by atoms with E-state index in [1.165, 1.54) is 0 Å². The van der Waals surface area contributed by atoms with E-state index < -0.39 is 11.5 Å². The minimum atomic E-state index is -0.820. The third kappa shape index (κ3) is 2.83. The zero-order valence-electron chi connectivity index (χ0n) is 11.6. The molecule has 0 aromatic carbocycles. The molecular formula is C13H24N2O3. The predicted molar refractivity (Wildman–Crippen MR) is 69.4 cm³/mol. The van der Waals surface area contributed by atoms with Crippen LogP contribution in [-0.4, -0.2) is 59.0 Å². The molecule has 1 aliphatic heterocycles. The summed E-state index contributed by atoms with van der Waals surface area (Å²) in [7, 11) is 1.75. The van der Waals surface area contributed by atoms with Gasteiger partial charge in [0, 0.05) is 13.6 Å². The zero-order valence-corrected chi connectivity index (χ0v) is 11.6. The molecule has 0 aliphatic carbocycles. The lowest BCUT2D eigenvalue weighted by Crippen LogP contribution is -2.53. The van der Waals surface area contributed by atoms with Crippen LogP contribution in [0.2, 0.25) is 0 Å². The van der Waals surface area contributed by atoms with E-state index in [1.54, 1.807) is 11.9 Å². The number of hydrogen-bond donors (Lipinski definition) is 1. The van der Waals surface area contributed by atoms with Gasteiger partial charge in [0.1, 0.15) is 5.54 Å². The lowest BCUT2D eigenvalue weighted by Gasteiger charge is -2.35. The number of hydrogen-bond acceptors (Lipinski definition) is 3. The molecule has 5 heteroatoms. The fourth-order valence-electron chi connectivity index (χ4n) is 2.67. The average Bonchev–Trinajstić information content (AvgIpc) is 2.73. The van der Waals surface area contributed by atoms with Crippen molar-refractivity contribution in [3.8, 4) is 0 Å². The monoisotopic (exact) mass is 256 g/mol. The van der Waals surface area contributed by atoms with Gasteiger partial charge in [-0.25, -0.2) is 0 Å². The Balaban J connectivity index is 2.79. The molecule has 5 nitrogen and oxygen atoms in total. The predicted octanol–water partition coefficient (Wildman–Crippen LogP) is 1.18. The standard InChI is InChI=1S/C13H24N2O3/c1-4-7-13(12(17)18)8-6-9-15(13)10-11(16)14(3)5-2/h4-10H2,1-3H3,(H,17,18). The van der Waals surface area contributed by atoms with Crippen molar-refractivity contribution in [1.29, 1.82) is 0 Å². The molecule has 0 aromatic heterocycles. The van der Waals surface area contributed by atoms with E-state index in [9.17, 15) is 14.7 Å². The van der Waals surface area contributed by atoms with Gasteiger partial charge < -0.3 is 10.0 Å². The van der Waals surface area contributed by atoms with Crippen LogP contribution < -0.4 is 0 Å². The first-order valence-electron chi connectivity index (χ1n) is 6.70. The fourth-order valence-corrected chi connectivity index (χ4v) is 2.67. The van der Waals surface area contributed by atoms with Crippen molar-refractivity contribution >= 4 is 11.9 Å². The first kappa shape index (κ1) is 15.0. The summed E-state index contributed by atoms with van der Waals surface area (Å²) in [4.78, 5) is 27.0. The number of amides is 1. The number of rotatable bonds is 6. The quantitative estimate of drug-likeness (QED) is 0.775. The van der Waals surface area contributed by atoms with Gasteiger partial charge in [0.2, 0.25) is 5.91 Å². The molecule has 1 N–H and O–H groups in total.